The molecule has 0 aliphatic rings. The minimum atomic E-state index is -4.70. The van der Waals surface area contributed by atoms with Crippen molar-refractivity contribution in [2.45, 2.75) is 0 Å². The van der Waals surface area contributed by atoms with Crippen molar-refractivity contribution >= 4 is 34.5 Å². The molecular weight excluding hydrogens is 275 g/mol. The summed E-state index contributed by atoms with van der Waals surface area (Å²) in [5, 5.41) is 0. The first kappa shape index (κ1) is 9.07. The van der Waals surface area contributed by atoms with Gasteiger partial charge in [0.25, 0.3) is 0 Å². The number of rotatable bonds is 1. The van der Waals surface area contributed by atoms with E-state index in [-0.39, 0.29) is 4.35 Å². The van der Waals surface area contributed by atoms with Gasteiger partial charge in [-0.3, -0.25) is 0 Å². The molecule has 0 atom stereocenters. The van der Waals surface area contributed by atoms with Gasteiger partial charge in [-0.1, -0.05) is 0 Å². The fourth-order valence-corrected chi connectivity index (χ4v) is 3.50. The molecule has 0 heterocycles. The van der Waals surface area contributed by atoms with Crippen LogP contribution in [-0.2, 0) is 3.74 Å². The number of halogens is 1. The van der Waals surface area contributed by atoms with E-state index in [4.69, 9.17) is 8.19 Å². The predicted octanol–water partition coefficient (Wildman–Crippen LogP) is 0.0101. The monoisotopic (exact) mass is 280 g/mol. The first-order chi connectivity index (χ1) is 5.02. The molecule has 11 heavy (non-hydrogen) atoms. The Morgan fingerprint density at radius 2 is 1.82 bits per heavy atom. The molecule has 5 heteroatoms. The van der Waals surface area contributed by atoms with E-state index in [1.54, 1.807) is 18.2 Å². The van der Waals surface area contributed by atoms with Crippen molar-refractivity contribution in [3.05, 3.63) is 28.7 Å². The summed E-state index contributed by atoms with van der Waals surface area (Å²) >= 11 is -1.64. The average molecular weight is 281 g/mol. The van der Waals surface area contributed by atoms with Crippen molar-refractivity contribution in [2.75, 3.05) is 0 Å². The molecule has 0 aliphatic carbocycles. The number of hydrogen-bond acceptors (Lipinski definition) is 1. The van der Waals surface area contributed by atoms with Gasteiger partial charge in [-0.25, -0.2) is 0 Å². The normalized spacial score (nSPS) is 11.5. The Kier molecular flexibility index (Phi) is 2.60. The average Bonchev–Trinajstić information content (AvgIpc) is 1.86. The summed E-state index contributed by atoms with van der Waals surface area (Å²) in [6, 6.07) is 6.33. The second-order valence-electron chi connectivity index (χ2n) is 2.00. The molecule has 0 aliphatic heterocycles. The van der Waals surface area contributed by atoms with Crippen LogP contribution < -0.4 is 4.35 Å². The van der Waals surface area contributed by atoms with Crippen molar-refractivity contribution in [3.8, 4) is 0 Å². The van der Waals surface area contributed by atoms with E-state index in [1.165, 1.54) is 6.07 Å². The van der Waals surface area contributed by atoms with E-state index < -0.39 is 14.2 Å². The second kappa shape index (κ2) is 3.15. The topological polar surface area (TPSA) is 57.5 Å². The van der Waals surface area contributed by atoms with Gasteiger partial charge >= 0.3 is 75.1 Å². The summed E-state index contributed by atoms with van der Waals surface area (Å²) in [5.74, 6) is 0. The van der Waals surface area contributed by atoms with Crippen LogP contribution >= 0.6 is 15.9 Å². The molecule has 1 aromatic carbocycles. The Hall–Kier alpha value is -0.0216. The third-order valence-electron chi connectivity index (χ3n) is 1.17. The maximum atomic E-state index is 10.8. The summed E-state index contributed by atoms with van der Waals surface area (Å²) in [6.07, 6.45) is 0. The van der Waals surface area contributed by atoms with E-state index in [0.717, 1.165) is 0 Å². The molecule has 2 N–H and O–H groups in total. The Morgan fingerprint density at radius 1 is 1.27 bits per heavy atom. The molecule has 0 fully saturated rings. The Balaban J connectivity index is 3.25. The molecular formula is C6H6AsBrO3. The molecule has 0 saturated heterocycles. The molecule has 0 bridgehead atoms. The zero-order valence-electron chi connectivity index (χ0n) is 5.44. The standard InChI is InChI=1S/C6H6AsBrO3/c8-6-4-2-1-3-5(6)7(9,10)11/h1-4H,(H2,9,10,11). The summed E-state index contributed by atoms with van der Waals surface area (Å²) < 4.78 is 29.0. The summed E-state index contributed by atoms with van der Waals surface area (Å²) in [4.78, 5) is 0. The van der Waals surface area contributed by atoms with Gasteiger partial charge in [0.15, 0.2) is 0 Å². The molecule has 1 rings (SSSR count). The van der Waals surface area contributed by atoms with Crippen LogP contribution in [0, 0.1) is 0 Å². The summed E-state index contributed by atoms with van der Waals surface area (Å²) in [5.41, 5.74) is 0. The Labute approximate surface area is 75.2 Å². The maximum absolute atomic E-state index is 10.8. The third kappa shape index (κ3) is 2.20. The number of benzene rings is 1. The van der Waals surface area contributed by atoms with Crippen LogP contribution in [0.1, 0.15) is 0 Å². The zero-order chi connectivity index (χ0) is 8.48. The van der Waals surface area contributed by atoms with Crippen LogP contribution in [0.15, 0.2) is 28.7 Å². The quantitative estimate of drug-likeness (QED) is 0.713. The van der Waals surface area contributed by atoms with Crippen LogP contribution in [0.3, 0.4) is 0 Å². The van der Waals surface area contributed by atoms with Crippen molar-refractivity contribution in [3.63, 3.8) is 0 Å². The third-order valence-corrected chi connectivity index (χ3v) is 4.66. The second-order valence-corrected chi connectivity index (χ2v) is 6.14. The van der Waals surface area contributed by atoms with Crippen molar-refractivity contribution in [1.29, 1.82) is 0 Å². The van der Waals surface area contributed by atoms with E-state index >= 15 is 0 Å². The first-order valence-corrected chi connectivity index (χ1v) is 7.00. The van der Waals surface area contributed by atoms with Gasteiger partial charge in [0.05, 0.1) is 0 Å². The SMILES string of the molecule is O=[As](O)(O)c1ccccc1Br. The van der Waals surface area contributed by atoms with Crippen molar-refractivity contribution in [2.24, 2.45) is 0 Å². The van der Waals surface area contributed by atoms with E-state index in [0.29, 0.717) is 4.47 Å². The summed E-state index contributed by atoms with van der Waals surface area (Å²) in [6.45, 7) is 0. The summed E-state index contributed by atoms with van der Waals surface area (Å²) in [7, 11) is 0. The molecule has 1 aromatic rings. The molecule has 60 valence electrons. The van der Waals surface area contributed by atoms with Crippen LogP contribution in [0.4, 0.5) is 0 Å². The van der Waals surface area contributed by atoms with Crippen molar-refractivity contribution in [1.82, 2.24) is 0 Å². The van der Waals surface area contributed by atoms with Crippen LogP contribution in [0.25, 0.3) is 0 Å². The van der Waals surface area contributed by atoms with Gasteiger partial charge in [-0.05, 0) is 0 Å². The Morgan fingerprint density at radius 3 is 2.18 bits per heavy atom. The number of hydrogen-bond donors (Lipinski definition) is 2. The Bertz CT molecular complexity index is 306. The first-order valence-electron chi connectivity index (χ1n) is 2.82. The minimum absolute atomic E-state index is 0.0885. The molecule has 0 saturated carbocycles. The molecule has 3 nitrogen and oxygen atoms in total. The fourth-order valence-electron chi connectivity index (χ4n) is 0.688. The predicted molar refractivity (Wildman–Crippen MR) is 44.7 cm³/mol. The van der Waals surface area contributed by atoms with Gasteiger partial charge < -0.3 is 0 Å². The van der Waals surface area contributed by atoms with Gasteiger partial charge in [0.1, 0.15) is 0 Å². The van der Waals surface area contributed by atoms with Crippen LogP contribution in [0.5, 0.6) is 0 Å². The molecule has 0 aromatic heterocycles. The molecule has 0 radical (unpaired) electrons. The fraction of sp³-hybridized carbons (Fsp3) is 0. The molecule has 0 amide bonds. The van der Waals surface area contributed by atoms with Crippen molar-refractivity contribution < 1.29 is 11.9 Å². The molecule has 0 unspecified atom stereocenters. The van der Waals surface area contributed by atoms with Gasteiger partial charge in [-0.15, -0.1) is 0 Å². The van der Waals surface area contributed by atoms with Gasteiger partial charge in [-0.2, -0.15) is 0 Å². The van der Waals surface area contributed by atoms with Crippen LogP contribution in [0.2, 0.25) is 0 Å². The van der Waals surface area contributed by atoms with E-state index in [1.807, 2.05) is 0 Å². The van der Waals surface area contributed by atoms with E-state index in [9.17, 15) is 3.74 Å². The molecule has 0 spiro atoms. The van der Waals surface area contributed by atoms with Crippen LogP contribution in [-0.4, -0.2) is 22.4 Å². The van der Waals surface area contributed by atoms with E-state index in [2.05, 4.69) is 15.9 Å². The van der Waals surface area contributed by atoms with Gasteiger partial charge in [0.2, 0.25) is 0 Å². The zero-order valence-corrected chi connectivity index (χ0v) is 8.90. The van der Waals surface area contributed by atoms with Gasteiger partial charge in [0, 0.05) is 0 Å².